The van der Waals surface area contributed by atoms with E-state index >= 15 is 0 Å². The van der Waals surface area contributed by atoms with E-state index in [1.165, 1.54) is 13.0 Å². The Morgan fingerprint density at radius 2 is 1.66 bits per heavy atom. The molecule has 1 nitrogen and oxygen atoms in total. The van der Waals surface area contributed by atoms with Crippen LogP contribution in [0.15, 0.2) is 24.3 Å². The predicted octanol–water partition coefficient (Wildman–Crippen LogP) is 6.43. The molecule has 2 atom stereocenters. The van der Waals surface area contributed by atoms with Crippen molar-refractivity contribution in [3.63, 3.8) is 0 Å². The lowest BCUT2D eigenvalue weighted by Gasteiger charge is -2.24. The van der Waals surface area contributed by atoms with Crippen molar-refractivity contribution in [3.8, 4) is 11.1 Å². The van der Waals surface area contributed by atoms with Gasteiger partial charge in [-0.3, -0.25) is 0 Å². The molecule has 0 saturated carbocycles. The molecule has 2 aromatic carbocycles. The summed E-state index contributed by atoms with van der Waals surface area (Å²) in [6, 6.07) is 3.11. The summed E-state index contributed by atoms with van der Waals surface area (Å²) in [5.74, 6) is -3.80. The summed E-state index contributed by atoms with van der Waals surface area (Å²) in [6.07, 6.45) is 7.68. The van der Waals surface area contributed by atoms with Gasteiger partial charge in [0.15, 0.2) is 23.3 Å². The van der Waals surface area contributed by atoms with Gasteiger partial charge in [-0.1, -0.05) is 24.3 Å². The highest BCUT2D eigenvalue weighted by atomic mass is 19.2. The average molecular weight is 404 g/mol. The van der Waals surface area contributed by atoms with E-state index in [9.17, 15) is 17.6 Å². The Morgan fingerprint density at radius 3 is 2.34 bits per heavy atom. The molecule has 4 rings (SSSR count). The molecule has 1 fully saturated rings. The fraction of sp³-hybridized carbons (Fsp3) is 0.417. The van der Waals surface area contributed by atoms with E-state index in [-0.39, 0.29) is 28.7 Å². The van der Waals surface area contributed by atoms with Gasteiger partial charge in [0.25, 0.3) is 0 Å². The van der Waals surface area contributed by atoms with E-state index in [0.717, 1.165) is 12.8 Å². The molecule has 5 heteroatoms. The first-order valence-electron chi connectivity index (χ1n) is 10.1. The van der Waals surface area contributed by atoms with Crippen molar-refractivity contribution in [2.24, 2.45) is 5.92 Å². The van der Waals surface area contributed by atoms with E-state index < -0.39 is 23.3 Å². The molecule has 0 aromatic heterocycles. The van der Waals surface area contributed by atoms with E-state index in [4.69, 9.17) is 4.74 Å². The Hall–Kier alpha value is -2.14. The van der Waals surface area contributed by atoms with Crippen molar-refractivity contribution in [2.45, 2.75) is 52.1 Å². The molecule has 0 bridgehead atoms. The highest BCUT2D eigenvalue weighted by Crippen LogP contribution is 2.43. The molecule has 2 aromatic rings. The maximum absolute atomic E-state index is 14.8. The minimum atomic E-state index is -1.10. The molecule has 1 aliphatic carbocycles. The zero-order chi connectivity index (χ0) is 20.7. The van der Waals surface area contributed by atoms with Crippen molar-refractivity contribution in [1.82, 2.24) is 0 Å². The number of aryl methyl sites for hydroxylation is 2. The quantitative estimate of drug-likeness (QED) is 0.360. The lowest BCUT2D eigenvalue weighted by Crippen LogP contribution is -2.22. The Labute approximate surface area is 168 Å². The Balaban J connectivity index is 1.53. The van der Waals surface area contributed by atoms with Crippen molar-refractivity contribution >= 4 is 0 Å². The third-order valence-electron chi connectivity index (χ3n) is 5.99. The number of halogens is 4. The van der Waals surface area contributed by atoms with E-state index in [1.54, 1.807) is 6.07 Å². The van der Waals surface area contributed by atoms with Gasteiger partial charge in [0, 0.05) is 17.0 Å². The van der Waals surface area contributed by atoms with Crippen LogP contribution in [-0.2, 0) is 17.6 Å². The van der Waals surface area contributed by atoms with Crippen molar-refractivity contribution in [3.05, 3.63) is 69.8 Å². The standard InChI is InChI=1S/C24H24F4O/c1-13-9-17-11-18-10-16(6-4-3-5-15-8-7-14(2)29-12-15)22(26)24(28)20(18)19(17)23(27)21(13)25/h3,5,9-10,14-15H,4,6-8,11-12H2,1-2H3/b5-3+. The predicted molar refractivity (Wildman–Crippen MR) is 105 cm³/mol. The van der Waals surface area contributed by atoms with Gasteiger partial charge < -0.3 is 4.74 Å². The summed E-state index contributed by atoms with van der Waals surface area (Å²) in [6.45, 7) is 4.22. The third-order valence-corrected chi connectivity index (χ3v) is 5.99. The van der Waals surface area contributed by atoms with Gasteiger partial charge in [-0.05, 0) is 68.2 Å². The normalized spacial score (nSPS) is 20.9. The van der Waals surface area contributed by atoms with Crippen LogP contribution in [0.1, 0.15) is 48.4 Å². The van der Waals surface area contributed by atoms with Gasteiger partial charge in [0.1, 0.15) is 0 Å². The fourth-order valence-electron chi connectivity index (χ4n) is 4.35. The highest BCUT2D eigenvalue weighted by Gasteiger charge is 2.31. The zero-order valence-corrected chi connectivity index (χ0v) is 16.6. The van der Waals surface area contributed by atoms with E-state index in [2.05, 4.69) is 13.0 Å². The molecule has 0 amide bonds. The highest BCUT2D eigenvalue weighted by molar-refractivity contribution is 5.78. The average Bonchev–Trinajstić information content (AvgIpc) is 3.06. The minimum Gasteiger partial charge on any atom is -0.378 e. The topological polar surface area (TPSA) is 9.23 Å². The molecule has 154 valence electrons. The monoisotopic (exact) mass is 404 g/mol. The van der Waals surface area contributed by atoms with Gasteiger partial charge in [-0.25, -0.2) is 17.6 Å². The number of hydrogen-bond acceptors (Lipinski definition) is 1. The van der Waals surface area contributed by atoms with Gasteiger partial charge in [0.05, 0.1) is 12.7 Å². The molecule has 0 N–H and O–H groups in total. The lowest BCUT2D eigenvalue weighted by molar-refractivity contribution is 0.00761. The molecular formula is C24H24F4O. The number of benzene rings is 2. The summed E-state index contributed by atoms with van der Waals surface area (Å²) in [7, 11) is 0. The second-order valence-electron chi connectivity index (χ2n) is 8.18. The molecule has 1 saturated heterocycles. The first-order valence-corrected chi connectivity index (χ1v) is 10.1. The largest absolute Gasteiger partial charge is 0.378 e. The summed E-state index contributed by atoms with van der Waals surface area (Å²) in [5, 5.41) is 0. The third kappa shape index (κ3) is 3.73. The molecule has 0 radical (unpaired) electrons. The van der Waals surface area contributed by atoms with Crippen LogP contribution in [0.4, 0.5) is 17.6 Å². The Kier molecular flexibility index (Phi) is 5.52. The maximum Gasteiger partial charge on any atom is 0.167 e. The lowest BCUT2D eigenvalue weighted by atomic mass is 9.97. The van der Waals surface area contributed by atoms with Crippen LogP contribution < -0.4 is 0 Å². The zero-order valence-electron chi connectivity index (χ0n) is 16.6. The van der Waals surface area contributed by atoms with Gasteiger partial charge in [-0.15, -0.1) is 0 Å². The van der Waals surface area contributed by atoms with E-state index in [0.29, 0.717) is 42.6 Å². The summed E-state index contributed by atoms with van der Waals surface area (Å²) < 4.78 is 63.5. The molecule has 1 heterocycles. The van der Waals surface area contributed by atoms with Crippen LogP contribution in [-0.4, -0.2) is 12.7 Å². The summed E-state index contributed by atoms with van der Waals surface area (Å²) in [5.41, 5.74) is 1.17. The molecule has 1 aliphatic heterocycles. The van der Waals surface area contributed by atoms with Crippen LogP contribution in [0, 0.1) is 36.1 Å². The van der Waals surface area contributed by atoms with Crippen LogP contribution >= 0.6 is 0 Å². The van der Waals surface area contributed by atoms with Crippen LogP contribution in [0.5, 0.6) is 0 Å². The van der Waals surface area contributed by atoms with Crippen molar-refractivity contribution in [1.29, 1.82) is 0 Å². The smallest absolute Gasteiger partial charge is 0.167 e. The van der Waals surface area contributed by atoms with Crippen molar-refractivity contribution < 1.29 is 22.3 Å². The number of ether oxygens (including phenoxy) is 1. The number of fused-ring (bicyclic) bond motifs is 3. The van der Waals surface area contributed by atoms with Crippen LogP contribution in [0.3, 0.4) is 0 Å². The summed E-state index contributed by atoms with van der Waals surface area (Å²) in [4.78, 5) is 0. The minimum absolute atomic E-state index is 0.137. The Bertz CT molecular complexity index is 972. The number of rotatable bonds is 4. The fourth-order valence-corrected chi connectivity index (χ4v) is 4.35. The second kappa shape index (κ2) is 7.94. The maximum atomic E-state index is 14.8. The first-order chi connectivity index (χ1) is 13.9. The van der Waals surface area contributed by atoms with Crippen LogP contribution in [0.2, 0.25) is 0 Å². The van der Waals surface area contributed by atoms with Gasteiger partial charge >= 0.3 is 0 Å². The SMILES string of the molecule is Cc1cc2c(c(F)c1F)-c1c(cc(CC/C=C/C3CCC(C)OC3)c(F)c1F)C2. The summed E-state index contributed by atoms with van der Waals surface area (Å²) >= 11 is 0. The molecule has 29 heavy (non-hydrogen) atoms. The first kappa shape index (κ1) is 20.1. The molecule has 0 spiro atoms. The molecule has 2 unspecified atom stereocenters. The molecular weight excluding hydrogens is 380 g/mol. The number of hydrogen-bond donors (Lipinski definition) is 0. The van der Waals surface area contributed by atoms with Crippen LogP contribution in [0.25, 0.3) is 11.1 Å². The van der Waals surface area contributed by atoms with Gasteiger partial charge in [-0.2, -0.15) is 0 Å². The second-order valence-corrected chi connectivity index (χ2v) is 8.18. The van der Waals surface area contributed by atoms with Gasteiger partial charge in [0.2, 0.25) is 0 Å². The Morgan fingerprint density at radius 1 is 0.966 bits per heavy atom. The van der Waals surface area contributed by atoms with E-state index in [1.807, 2.05) is 6.08 Å². The number of allylic oxidation sites excluding steroid dienone is 1. The molecule has 2 aliphatic rings. The van der Waals surface area contributed by atoms with Crippen molar-refractivity contribution in [2.75, 3.05) is 6.61 Å².